The number of aryl methyl sites for hydroxylation is 1. The van der Waals surface area contributed by atoms with Gasteiger partial charge in [-0.05, 0) is 6.92 Å². The van der Waals surface area contributed by atoms with Crippen molar-refractivity contribution in [3.05, 3.63) is 22.1 Å². The Morgan fingerprint density at radius 2 is 2.25 bits per heavy atom. The first-order chi connectivity index (χ1) is 7.54. The number of hydrogen-bond acceptors (Lipinski definition) is 4. The fourth-order valence-corrected chi connectivity index (χ4v) is 1.16. The summed E-state index contributed by atoms with van der Waals surface area (Å²) in [5.41, 5.74) is 4.60. The van der Waals surface area contributed by atoms with Gasteiger partial charge < -0.3 is 10.5 Å². The molecule has 1 amide bonds. The SMILES string of the molecule is CCOC(=O)CCn1[nH]c(C(N)=O)cc1=O. The number of amides is 1. The summed E-state index contributed by atoms with van der Waals surface area (Å²) >= 11 is 0. The van der Waals surface area contributed by atoms with Crippen LogP contribution in [0.4, 0.5) is 0 Å². The summed E-state index contributed by atoms with van der Waals surface area (Å²) < 4.78 is 5.83. The van der Waals surface area contributed by atoms with E-state index in [1.165, 1.54) is 0 Å². The lowest BCUT2D eigenvalue weighted by Crippen LogP contribution is -2.19. The second kappa shape index (κ2) is 5.15. The minimum absolute atomic E-state index is 0.0221. The van der Waals surface area contributed by atoms with E-state index < -0.39 is 17.4 Å². The van der Waals surface area contributed by atoms with Crippen molar-refractivity contribution in [3.8, 4) is 0 Å². The van der Waals surface area contributed by atoms with Gasteiger partial charge in [-0.1, -0.05) is 0 Å². The molecule has 0 aromatic carbocycles. The third-order valence-electron chi connectivity index (χ3n) is 1.90. The number of hydrogen-bond donors (Lipinski definition) is 2. The molecular weight excluding hydrogens is 214 g/mol. The van der Waals surface area contributed by atoms with Crippen LogP contribution in [0, 0.1) is 0 Å². The van der Waals surface area contributed by atoms with Gasteiger partial charge in [0, 0.05) is 6.07 Å². The Balaban J connectivity index is 2.64. The van der Waals surface area contributed by atoms with Gasteiger partial charge in [0.2, 0.25) is 0 Å². The Hall–Kier alpha value is -2.05. The highest BCUT2D eigenvalue weighted by Crippen LogP contribution is 1.92. The standard InChI is InChI=1S/C9H13N3O4/c1-2-16-8(14)3-4-12-7(13)5-6(11-12)9(10)15/h5,11H,2-4H2,1H3,(H2,10,15). The van der Waals surface area contributed by atoms with Gasteiger partial charge in [-0.2, -0.15) is 0 Å². The van der Waals surface area contributed by atoms with Gasteiger partial charge in [-0.3, -0.25) is 24.2 Å². The van der Waals surface area contributed by atoms with Gasteiger partial charge in [-0.15, -0.1) is 0 Å². The van der Waals surface area contributed by atoms with Crippen molar-refractivity contribution in [2.45, 2.75) is 19.9 Å². The van der Waals surface area contributed by atoms with Gasteiger partial charge >= 0.3 is 5.97 Å². The average molecular weight is 227 g/mol. The quantitative estimate of drug-likeness (QED) is 0.644. The Labute approximate surface area is 91.2 Å². The fourth-order valence-electron chi connectivity index (χ4n) is 1.16. The lowest BCUT2D eigenvalue weighted by atomic mass is 10.4. The van der Waals surface area contributed by atoms with Crippen LogP contribution < -0.4 is 11.3 Å². The molecule has 0 radical (unpaired) electrons. The van der Waals surface area contributed by atoms with Gasteiger partial charge in [0.05, 0.1) is 19.6 Å². The fraction of sp³-hybridized carbons (Fsp3) is 0.444. The maximum Gasteiger partial charge on any atom is 0.307 e. The first kappa shape index (κ1) is 12.0. The van der Waals surface area contributed by atoms with E-state index in [4.69, 9.17) is 10.5 Å². The average Bonchev–Trinajstić information content (AvgIpc) is 2.58. The van der Waals surface area contributed by atoms with E-state index in [0.717, 1.165) is 10.7 Å². The minimum atomic E-state index is -0.716. The van der Waals surface area contributed by atoms with Crippen molar-refractivity contribution in [2.75, 3.05) is 6.61 Å². The number of rotatable bonds is 5. The number of aromatic nitrogens is 2. The van der Waals surface area contributed by atoms with Gasteiger partial charge in [0.25, 0.3) is 11.5 Å². The Morgan fingerprint density at radius 1 is 1.56 bits per heavy atom. The lowest BCUT2D eigenvalue weighted by Gasteiger charge is -2.02. The zero-order valence-electron chi connectivity index (χ0n) is 8.86. The van der Waals surface area contributed by atoms with E-state index in [9.17, 15) is 14.4 Å². The number of carbonyl (C=O) groups is 2. The van der Waals surface area contributed by atoms with Crippen LogP contribution >= 0.6 is 0 Å². The summed E-state index contributed by atoms with van der Waals surface area (Å²) in [6, 6.07) is 1.09. The molecule has 0 aliphatic carbocycles. The first-order valence-electron chi connectivity index (χ1n) is 4.80. The summed E-state index contributed by atoms with van der Waals surface area (Å²) in [5, 5.41) is 2.50. The molecule has 1 heterocycles. The summed E-state index contributed by atoms with van der Waals surface area (Å²) in [7, 11) is 0. The molecule has 7 heteroatoms. The molecule has 0 saturated heterocycles. The van der Waals surface area contributed by atoms with Crippen molar-refractivity contribution in [3.63, 3.8) is 0 Å². The number of esters is 1. The maximum atomic E-state index is 11.3. The number of carbonyl (C=O) groups excluding carboxylic acids is 2. The smallest absolute Gasteiger partial charge is 0.307 e. The second-order valence-corrected chi connectivity index (χ2v) is 3.08. The molecular formula is C9H13N3O4. The number of primary amides is 1. The van der Waals surface area contributed by atoms with Crippen LogP contribution in [0.2, 0.25) is 0 Å². The third kappa shape index (κ3) is 2.97. The van der Waals surface area contributed by atoms with Crippen LogP contribution in [0.5, 0.6) is 0 Å². The van der Waals surface area contributed by atoms with E-state index in [-0.39, 0.29) is 18.7 Å². The van der Waals surface area contributed by atoms with Crippen LogP contribution in [-0.2, 0) is 16.1 Å². The molecule has 0 spiro atoms. The van der Waals surface area contributed by atoms with Gasteiger partial charge in [0.1, 0.15) is 5.69 Å². The topological polar surface area (TPSA) is 107 Å². The number of nitrogens with zero attached hydrogens (tertiary/aromatic N) is 1. The molecule has 88 valence electrons. The molecule has 0 saturated carbocycles. The molecule has 16 heavy (non-hydrogen) atoms. The predicted molar refractivity (Wildman–Crippen MR) is 54.8 cm³/mol. The highest BCUT2D eigenvalue weighted by atomic mass is 16.5. The lowest BCUT2D eigenvalue weighted by molar-refractivity contribution is -0.143. The number of ether oxygens (including phenoxy) is 1. The monoisotopic (exact) mass is 227 g/mol. The molecule has 3 N–H and O–H groups in total. The summed E-state index contributed by atoms with van der Waals surface area (Å²) in [4.78, 5) is 33.1. The Kier molecular flexibility index (Phi) is 3.87. The predicted octanol–water partition coefficient (Wildman–Crippen LogP) is -0.771. The van der Waals surface area contributed by atoms with Crippen LogP contribution in [-0.4, -0.2) is 28.3 Å². The van der Waals surface area contributed by atoms with E-state index in [1.807, 2.05) is 0 Å². The van der Waals surface area contributed by atoms with Crippen molar-refractivity contribution in [1.82, 2.24) is 9.78 Å². The molecule has 1 aromatic rings. The number of aromatic amines is 1. The molecule has 0 unspecified atom stereocenters. The van der Waals surface area contributed by atoms with E-state index in [1.54, 1.807) is 6.92 Å². The van der Waals surface area contributed by atoms with E-state index in [0.29, 0.717) is 6.61 Å². The van der Waals surface area contributed by atoms with Crippen molar-refractivity contribution in [2.24, 2.45) is 5.73 Å². The first-order valence-corrected chi connectivity index (χ1v) is 4.80. The summed E-state index contributed by atoms with van der Waals surface area (Å²) in [5.74, 6) is -1.11. The largest absolute Gasteiger partial charge is 0.466 e. The number of nitrogens with one attached hydrogen (secondary N) is 1. The van der Waals surface area contributed by atoms with E-state index in [2.05, 4.69) is 5.10 Å². The summed E-state index contributed by atoms with van der Waals surface area (Å²) in [6.45, 7) is 2.12. The van der Waals surface area contributed by atoms with Crippen LogP contribution in [0.1, 0.15) is 23.8 Å². The molecule has 0 fully saturated rings. The zero-order chi connectivity index (χ0) is 12.1. The highest BCUT2D eigenvalue weighted by molar-refractivity contribution is 5.90. The molecule has 0 aliphatic heterocycles. The number of H-pyrrole nitrogens is 1. The zero-order valence-corrected chi connectivity index (χ0v) is 8.86. The van der Waals surface area contributed by atoms with Crippen molar-refractivity contribution in [1.29, 1.82) is 0 Å². The second-order valence-electron chi connectivity index (χ2n) is 3.08. The van der Waals surface area contributed by atoms with E-state index >= 15 is 0 Å². The molecule has 0 atom stereocenters. The molecule has 7 nitrogen and oxygen atoms in total. The van der Waals surface area contributed by atoms with Gasteiger partial charge in [0.15, 0.2) is 0 Å². The van der Waals surface area contributed by atoms with Crippen LogP contribution in [0.15, 0.2) is 10.9 Å². The highest BCUT2D eigenvalue weighted by Gasteiger charge is 2.09. The maximum absolute atomic E-state index is 11.3. The molecule has 0 aliphatic rings. The molecule has 0 bridgehead atoms. The Bertz CT molecular complexity index is 446. The normalized spacial score (nSPS) is 10.1. The summed E-state index contributed by atoms with van der Waals surface area (Å²) in [6.07, 6.45) is 0.0620. The van der Waals surface area contributed by atoms with Crippen molar-refractivity contribution < 1.29 is 14.3 Å². The Morgan fingerprint density at radius 3 is 2.75 bits per heavy atom. The van der Waals surface area contributed by atoms with Crippen molar-refractivity contribution >= 4 is 11.9 Å². The number of nitrogens with two attached hydrogens (primary N) is 1. The van der Waals surface area contributed by atoms with Gasteiger partial charge in [-0.25, -0.2) is 0 Å². The third-order valence-corrected chi connectivity index (χ3v) is 1.90. The van der Waals surface area contributed by atoms with Crippen LogP contribution in [0.25, 0.3) is 0 Å². The van der Waals surface area contributed by atoms with Crippen LogP contribution in [0.3, 0.4) is 0 Å². The minimum Gasteiger partial charge on any atom is -0.466 e. The molecule has 1 aromatic heterocycles. The molecule has 1 rings (SSSR count).